The van der Waals surface area contributed by atoms with Gasteiger partial charge < -0.3 is 15.8 Å². The maximum absolute atomic E-state index is 11.1. The Morgan fingerprint density at radius 3 is 2.71 bits per heavy atom. The molecule has 0 bridgehead atoms. The zero-order valence-corrected chi connectivity index (χ0v) is 12.2. The van der Waals surface area contributed by atoms with Crippen LogP contribution >= 0.6 is 11.6 Å². The molecule has 0 fully saturated rings. The van der Waals surface area contributed by atoms with Crippen molar-refractivity contribution in [2.75, 3.05) is 19.0 Å². The summed E-state index contributed by atoms with van der Waals surface area (Å²) < 4.78 is 5.20. The number of amides is 1. The lowest BCUT2D eigenvalue weighted by Gasteiger charge is -2.19. The van der Waals surface area contributed by atoms with Crippen molar-refractivity contribution in [3.63, 3.8) is 0 Å². The number of aromatic nitrogens is 2. The van der Waals surface area contributed by atoms with E-state index in [9.17, 15) is 4.79 Å². The number of nitrogens with two attached hydrogens (primary N) is 1. The molecule has 0 aliphatic heterocycles. The number of anilines is 1. The van der Waals surface area contributed by atoms with E-state index in [2.05, 4.69) is 15.3 Å². The van der Waals surface area contributed by atoms with Gasteiger partial charge in [0.25, 0.3) is 5.91 Å². The third kappa shape index (κ3) is 4.14. The van der Waals surface area contributed by atoms with E-state index in [0.717, 1.165) is 5.56 Å². The number of ether oxygens (including phenoxy) is 1. The second kappa shape index (κ2) is 7.01. The first-order valence-corrected chi connectivity index (χ1v) is 6.60. The Balaban J connectivity index is 2.21. The molecule has 1 unspecified atom stereocenters. The zero-order chi connectivity index (χ0) is 15.2. The van der Waals surface area contributed by atoms with Crippen molar-refractivity contribution >= 4 is 23.3 Å². The molecule has 7 heteroatoms. The van der Waals surface area contributed by atoms with Gasteiger partial charge in [0.05, 0.1) is 25.0 Å². The van der Waals surface area contributed by atoms with E-state index in [1.165, 1.54) is 12.4 Å². The minimum atomic E-state index is -0.624. The van der Waals surface area contributed by atoms with E-state index in [1.807, 2.05) is 12.1 Å². The van der Waals surface area contributed by atoms with Gasteiger partial charge in [0, 0.05) is 12.1 Å². The number of nitrogens with one attached hydrogen (secondary N) is 1. The molecule has 3 N–H and O–H groups in total. The maximum Gasteiger partial charge on any atom is 0.268 e. The molecule has 21 heavy (non-hydrogen) atoms. The molecule has 1 atom stereocenters. The highest BCUT2D eigenvalue weighted by molar-refractivity contribution is 6.30. The summed E-state index contributed by atoms with van der Waals surface area (Å²) >= 11 is 5.88. The molecule has 0 spiro atoms. The summed E-state index contributed by atoms with van der Waals surface area (Å²) in [6.45, 7) is 0.421. The smallest absolute Gasteiger partial charge is 0.268 e. The number of hydrogen-bond acceptors (Lipinski definition) is 5. The minimum Gasteiger partial charge on any atom is -0.382 e. The molecule has 1 aromatic heterocycles. The highest BCUT2D eigenvalue weighted by atomic mass is 35.5. The largest absolute Gasteiger partial charge is 0.382 e. The van der Waals surface area contributed by atoms with E-state index in [-0.39, 0.29) is 11.7 Å². The molecule has 2 aromatic rings. The second-order valence-electron chi connectivity index (χ2n) is 4.36. The summed E-state index contributed by atoms with van der Waals surface area (Å²) in [5.41, 5.74) is 6.27. The summed E-state index contributed by atoms with van der Waals surface area (Å²) in [5, 5.41) is 3.82. The summed E-state index contributed by atoms with van der Waals surface area (Å²) in [6.07, 6.45) is 2.84. The lowest BCUT2D eigenvalue weighted by molar-refractivity contribution is 0.0995. The van der Waals surface area contributed by atoms with Crippen LogP contribution < -0.4 is 11.1 Å². The van der Waals surface area contributed by atoms with Crippen LogP contribution in [0.5, 0.6) is 0 Å². The normalized spacial score (nSPS) is 11.9. The molecule has 0 saturated carbocycles. The number of hydrogen-bond donors (Lipinski definition) is 2. The molecular formula is C14H15ClN4O2. The van der Waals surface area contributed by atoms with E-state index < -0.39 is 5.91 Å². The number of benzene rings is 1. The standard InChI is InChI=1S/C14H15ClN4O2/c1-21-8-12(9-2-4-10(15)5-3-9)19-13-7-17-6-11(18-13)14(16)20/h2-7,12H,8H2,1H3,(H2,16,20)(H,18,19). The first kappa shape index (κ1) is 15.2. The van der Waals surface area contributed by atoms with Gasteiger partial charge in [-0.3, -0.25) is 9.78 Å². The summed E-state index contributed by atoms with van der Waals surface area (Å²) in [7, 11) is 1.61. The zero-order valence-electron chi connectivity index (χ0n) is 11.4. The summed E-state index contributed by atoms with van der Waals surface area (Å²) in [6, 6.07) is 7.23. The predicted octanol–water partition coefficient (Wildman–Crippen LogP) is 2.03. The predicted molar refractivity (Wildman–Crippen MR) is 80.2 cm³/mol. The Kier molecular flexibility index (Phi) is 5.08. The Bertz CT molecular complexity index is 619. The van der Waals surface area contributed by atoms with Gasteiger partial charge in [-0.1, -0.05) is 23.7 Å². The van der Waals surface area contributed by atoms with Crippen molar-refractivity contribution < 1.29 is 9.53 Å². The second-order valence-corrected chi connectivity index (χ2v) is 4.79. The van der Waals surface area contributed by atoms with Gasteiger partial charge in [0.1, 0.15) is 11.5 Å². The molecule has 1 heterocycles. The maximum atomic E-state index is 11.1. The molecule has 0 aliphatic carbocycles. The molecule has 1 amide bonds. The summed E-state index contributed by atoms with van der Waals surface area (Å²) in [5.74, 6) is -0.177. The van der Waals surface area contributed by atoms with Crippen molar-refractivity contribution in [3.8, 4) is 0 Å². The quantitative estimate of drug-likeness (QED) is 0.852. The van der Waals surface area contributed by atoms with E-state index >= 15 is 0 Å². The van der Waals surface area contributed by atoms with Crippen molar-refractivity contribution in [3.05, 3.63) is 52.9 Å². The Labute approximate surface area is 127 Å². The highest BCUT2D eigenvalue weighted by Crippen LogP contribution is 2.20. The van der Waals surface area contributed by atoms with Crippen LogP contribution in [0, 0.1) is 0 Å². The van der Waals surface area contributed by atoms with Gasteiger partial charge in [-0.25, -0.2) is 4.98 Å². The number of methoxy groups -OCH3 is 1. The molecule has 0 aliphatic rings. The molecule has 2 rings (SSSR count). The minimum absolute atomic E-state index is 0.104. The number of rotatable bonds is 6. The van der Waals surface area contributed by atoms with Crippen molar-refractivity contribution in [1.82, 2.24) is 9.97 Å². The average molecular weight is 307 g/mol. The van der Waals surface area contributed by atoms with Gasteiger partial charge in [0.15, 0.2) is 0 Å². The van der Waals surface area contributed by atoms with Crippen LogP contribution in [0.4, 0.5) is 5.82 Å². The summed E-state index contributed by atoms with van der Waals surface area (Å²) in [4.78, 5) is 19.2. The third-order valence-corrected chi connectivity index (χ3v) is 3.07. The van der Waals surface area contributed by atoms with Crippen LogP contribution in [-0.2, 0) is 4.74 Å². The van der Waals surface area contributed by atoms with Gasteiger partial charge in [-0.05, 0) is 17.7 Å². The van der Waals surface area contributed by atoms with Crippen LogP contribution in [0.3, 0.4) is 0 Å². The van der Waals surface area contributed by atoms with Gasteiger partial charge in [0.2, 0.25) is 0 Å². The SMILES string of the molecule is COCC(Nc1cncc(C(N)=O)n1)c1ccc(Cl)cc1. The molecule has 0 saturated heterocycles. The first-order valence-electron chi connectivity index (χ1n) is 6.23. The lowest BCUT2D eigenvalue weighted by atomic mass is 10.1. The van der Waals surface area contributed by atoms with Crippen LogP contribution in [-0.4, -0.2) is 29.6 Å². The van der Waals surface area contributed by atoms with Gasteiger partial charge >= 0.3 is 0 Å². The number of halogens is 1. The number of carbonyl (C=O) groups excluding carboxylic acids is 1. The molecule has 0 radical (unpaired) electrons. The fraction of sp³-hybridized carbons (Fsp3) is 0.214. The topological polar surface area (TPSA) is 90.1 Å². The number of nitrogens with zero attached hydrogens (tertiary/aromatic N) is 2. The Hall–Kier alpha value is -2.18. The molecule has 110 valence electrons. The fourth-order valence-corrected chi connectivity index (χ4v) is 1.94. The highest BCUT2D eigenvalue weighted by Gasteiger charge is 2.13. The molecule has 6 nitrogen and oxygen atoms in total. The molecule has 1 aromatic carbocycles. The van der Waals surface area contributed by atoms with Crippen LogP contribution in [0.1, 0.15) is 22.1 Å². The van der Waals surface area contributed by atoms with Crippen molar-refractivity contribution in [1.29, 1.82) is 0 Å². The monoisotopic (exact) mass is 306 g/mol. The first-order chi connectivity index (χ1) is 10.1. The van der Waals surface area contributed by atoms with Crippen LogP contribution in [0.25, 0.3) is 0 Å². The third-order valence-electron chi connectivity index (χ3n) is 2.81. The lowest BCUT2D eigenvalue weighted by Crippen LogP contribution is -2.19. The van der Waals surface area contributed by atoms with Gasteiger partial charge in [-0.2, -0.15) is 0 Å². The Morgan fingerprint density at radius 2 is 2.10 bits per heavy atom. The van der Waals surface area contributed by atoms with Gasteiger partial charge in [-0.15, -0.1) is 0 Å². The van der Waals surface area contributed by atoms with Crippen molar-refractivity contribution in [2.24, 2.45) is 5.73 Å². The average Bonchev–Trinajstić information content (AvgIpc) is 2.48. The Morgan fingerprint density at radius 1 is 1.38 bits per heavy atom. The van der Waals surface area contributed by atoms with Crippen molar-refractivity contribution in [2.45, 2.75) is 6.04 Å². The van der Waals surface area contributed by atoms with E-state index in [4.69, 9.17) is 22.1 Å². The van der Waals surface area contributed by atoms with Crippen LogP contribution in [0.15, 0.2) is 36.7 Å². The van der Waals surface area contributed by atoms with Crippen LogP contribution in [0.2, 0.25) is 5.02 Å². The van der Waals surface area contributed by atoms with E-state index in [1.54, 1.807) is 19.2 Å². The number of carbonyl (C=O) groups is 1. The fourth-order valence-electron chi connectivity index (χ4n) is 1.82. The molecular weight excluding hydrogens is 292 g/mol. The van der Waals surface area contributed by atoms with E-state index in [0.29, 0.717) is 17.4 Å². The number of primary amides is 1.